The fourth-order valence-corrected chi connectivity index (χ4v) is 7.10. The van der Waals surface area contributed by atoms with Gasteiger partial charge in [-0.05, 0) is 32.1 Å². The summed E-state index contributed by atoms with van der Waals surface area (Å²) in [6.07, 6.45) is 42.4. The predicted octanol–water partition coefficient (Wildman–Crippen LogP) is 13.1. The number of phosphoric acid groups is 1. The standard InChI is InChI=1S/C46H88NO8P/c1-6-8-10-12-14-16-18-20-22-23-25-26-28-30-32-34-36-38-45(48)52-42-44(43-54-56(50,51)53-41-40-47(3,4)5)55-46(49)39-37-35-33-31-29-27-24-21-19-17-15-13-11-9-7-2/h27,29,33,35,44H,6-26,28,30-32,34,36-43H2,1-5H3/p+1/b29-27-,35-33-. The second-order valence-electron chi connectivity index (χ2n) is 16.8. The lowest BCUT2D eigenvalue weighted by molar-refractivity contribution is -0.870. The maximum atomic E-state index is 12.7. The third-order valence-electron chi connectivity index (χ3n) is 10.00. The van der Waals surface area contributed by atoms with E-state index in [1.165, 1.54) is 141 Å². The van der Waals surface area contributed by atoms with E-state index in [1.807, 2.05) is 33.3 Å². The maximum Gasteiger partial charge on any atom is 0.472 e. The number of hydrogen-bond donors (Lipinski definition) is 1. The smallest absolute Gasteiger partial charge is 0.462 e. The minimum Gasteiger partial charge on any atom is -0.462 e. The number of carbonyl (C=O) groups excluding carboxylic acids is 2. The molecule has 0 saturated carbocycles. The topological polar surface area (TPSA) is 108 Å². The van der Waals surface area contributed by atoms with Crippen molar-refractivity contribution in [3.05, 3.63) is 24.3 Å². The normalized spacial score (nSPS) is 13.8. The third-order valence-corrected chi connectivity index (χ3v) is 11.0. The molecule has 0 fully saturated rings. The molecule has 0 amide bonds. The molecule has 0 aliphatic heterocycles. The van der Waals surface area contributed by atoms with Crippen molar-refractivity contribution in [1.29, 1.82) is 0 Å². The van der Waals surface area contributed by atoms with Gasteiger partial charge < -0.3 is 18.9 Å². The van der Waals surface area contributed by atoms with Gasteiger partial charge in [-0.25, -0.2) is 4.57 Å². The van der Waals surface area contributed by atoms with Gasteiger partial charge in [0, 0.05) is 12.8 Å². The summed E-state index contributed by atoms with van der Waals surface area (Å²) in [5, 5.41) is 0. The summed E-state index contributed by atoms with van der Waals surface area (Å²) in [4.78, 5) is 35.3. The van der Waals surface area contributed by atoms with Crippen LogP contribution in [-0.4, -0.2) is 74.9 Å². The minimum atomic E-state index is -4.38. The molecular weight excluding hydrogens is 725 g/mol. The Balaban J connectivity index is 4.37. The zero-order valence-corrected chi connectivity index (χ0v) is 38.0. The first kappa shape index (κ1) is 54.5. The van der Waals surface area contributed by atoms with Gasteiger partial charge in [0.05, 0.1) is 27.7 Å². The largest absolute Gasteiger partial charge is 0.472 e. The monoisotopic (exact) mass is 815 g/mol. The van der Waals surface area contributed by atoms with Gasteiger partial charge in [0.2, 0.25) is 0 Å². The Morgan fingerprint density at radius 1 is 0.554 bits per heavy atom. The zero-order valence-electron chi connectivity index (χ0n) is 37.1. The summed E-state index contributed by atoms with van der Waals surface area (Å²) in [5.74, 6) is -0.867. The molecule has 0 aromatic rings. The molecule has 0 rings (SSSR count). The number of esters is 2. The first-order chi connectivity index (χ1) is 27.0. The number of nitrogens with zero attached hydrogens (tertiary/aromatic N) is 1. The van der Waals surface area contributed by atoms with Crippen LogP contribution in [0.4, 0.5) is 0 Å². The van der Waals surface area contributed by atoms with Gasteiger partial charge >= 0.3 is 19.8 Å². The van der Waals surface area contributed by atoms with Crippen molar-refractivity contribution >= 4 is 19.8 Å². The molecule has 1 N–H and O–H groups in total. The van der Waals surface area contributed by atoms with Gasteiger partial charge in [0.15, 0.2) is 6.10 Å². The second kappa shape index (κ2) is 39.0. The Kier molecular flexibility index (Phi) is 37.9. The zero-order chi connectivity index (χ0) is 41.4. The molecule has 0 aliphatic rings. The van der Waals surface area contributed by atoms with Crippen LogP contribution in [-0.2, 0) is 32.7 Å². The van der Waals surface area contributed by atoms with Crippen LogP contribution in [0.1, 0.15) is 206 Å². The average molecular weight is 815 g/mol. The van der Waals surface area contributed by atoms with Gasteiger partial charge in [-0.15, -0.1) is 0 Å². The van der Waals surface area contributed by atoms with Crippen molar-refractivity contribution in [2.24, 2.45) is 0 Å². The number of carbonyl (C=O) groups is 2. The summed E-state index contributed by atoms with van der Waals surface area (Å²) >= 11 is 0. The van der Waals surface area contributed by atoms with E-state index >= 15 is 0 Å². The van der Waals surface area contributed by atoms with Crippen molar-refractivity contribution in [2.45, 2.75) is 213 Å². The van der Waals surface area contributed by atoms with Gasteiger partial charge in [-0.2, -0.15) is 0 Å². The van der Waals surface area contributed by atoms with E-state index < -0.39 is 26.5 Å². The van der Waals surface area contributed by atoms with Crippen molar-refractivity contribution in [3.63, 3.8) is 0 Å². The molecule has 9 nitrogen and oxygen atoms in total. The summed E-state index contributed by atoms with van der Waals surface area (Å²) in [7, 11) is 1.45. The second-order valence-corrected chi connectivity index (χ2v) is 18.2. The molecule has 2 atom stereocenters. The molecule has 56 heavy (non-hydrogen) atoms. The van der Waals surface area contributed by atoms with E-state index in [4.69, 9.17) is 18.5 Å². The van der Waals surface area contributed by atoms with Crippen LogP contribution in [0.5, 0.6) is 0 Å². The molecule has 0 spiro atoms. The first-order valence-corrected chi connectivity index (χ1v) is 24.6. The van der Waals surface area contributed by atoms with Crippen LogP contribution in [0, 0.1) is 0 Å². The molecule has 0 saturated heterocycles. The summed E-state index contributed by atoms with van der Waals surface area (Å²) in [6.45, 7) is 4.38. The lowest BCUT2D eigenvalue weighted by Crippen LogP contribution is -2.37. The fraction of sp³-hybridized carbons (Fsp3) is 0.870. The number of hydrogen-bond acceptors (Lipinski definition) is 7. The van der Waals surface area contributed by atoms with E-state index in [1.54, 1.807) is 0 Å². The van der Waals surface area contributed by atoms with Crippen molar-refractivity contribution in [2.75, 3.05) is 47.5 Å². The molecule has 0 heterocycles. The third kappa shape index (κ3) is 42.1. The number of likely N-dealkylation sites (N-methyl/N-ethyl adjacent to an activating group) is 1. The van der Waals surface area contributed by atoms with E-state index in [9.17, 15) is 19.0 Å². The van der Waals surface area contributed by atoms with Crippen LogP contribution in [0.15, 0.2) is 24.3 Å². The highest BCUT2D eigenvalue weighted by Gasteiger charge is 2.27. The highest BCUT2D eigenvalue weighted by molar-refractivity contribution is 7.47. The minimum absolute atomic E-state index is 0.0246. The summed E-state index contributed by atoms with van der Waals surface area (Å²) in [5.41, 5.74) is 0. The van der Waals surface area contributed by atoms with Crippen LogP contribution >= 0.6 is 7.82 Å². The Labute approximate surface area is 345 Å². The van der Waals surface area contributed by atoms with Crippen molar-refractivity contribution in [3.8, 4) is 0 Å². The predicted molar refractivity (Wildman–Crippen MR) is 234 cm³/mol. The number of rotatable bonds is 42. The van der Waals surface area contributed by atoms with Gasteiger partial charge in [-0.1, -0.05) is 186 Å². The molecule has 0 radical (unpaired) electrons. The Hall–Kier alpha value is -1.51. The summed E-state index contributed by atoms with van der Waals surface area (Å²) in [6, 6.07) is 0. The molecule has 0 aliphatic carbocycles. The van der Waals surface area contributed by atoms with Crippen molar-refractivity contribution < 1.29 is 42.1 Å². The lowest BCUT2D eigenvalue weighted by atomic mass is 10.0. The molecule has 0 aromatic carbocycles. The van der Waals surface area contributed by atoms with Crippen LogP contribution in [0.2, 0.25) is 0 Å². The average Bonchev–Trinajstić information content (AvgIpc) is 3.15. The number of allylic oxidation sites excluding steroid dienone is 4. The molecule has 0 aromatic heterocycles. The van der Waals surface area contributed by atoms with E-state index in [2.05, 4.69) is 26.0 Å². The Bertz CT molecular complexity index is 1010. The number of unbranched alkanes of at least 4 members (excludes halogenated alkanes) is 24. The van der Waals surface area contributed by atoms with Crippen LogP contribution in [0.25, 0.3) is 0 Å². The van der Waals surface area contributed by atoms with Gasteiger partial charge in [0.1, 0.15) is 19.8 Å². The van der Waals surface area contributed by atoms with E-state index in [0.29, 0.717) is 17.4 Å². The Morgan fingerprint density at radius 2 is 1.00 bits per heavy atom. The van der Waals surface area contributed by atoms with Crippen molar-refractivity contribution in [1.82, 2.24) is 0 Å². The summed E-state index contributed by atoms with van der Waals surface area (Å²) < 4.78 is 34.3. The number of phosphoric ester groups is 1. The number of quaternary nitrogens is 1. The van der Waals surface area contributed by atoms with E-state index in [-0.39, 0.29) is 32.0 Å². The highest BCUT2D eigenvalue weighted by Crippen LogP contribution is 2.43. The van der Waals surface area contributed by atoms with Gasteiger partial charge in [-0.3, -0.25) is 18.6 Å². The molecular formula is C46H89NO8P+. The molecule has 330 valence electrons. The quantitative estimate of drug-likeness (QED) is 0.0213. The maximum absolute atomic E-state index is 12.7. The number of ether oxygens (including phenoxy) is 2. The van der Waals surface area contributed by atoms with Crippen LogP contribution in [0.3, 0.4) is 0 Å². The fourth-order valence-electron chi connectivity index (χ4n) is 6.36. The highest BCUT2D eigenvalue weighted by atomic mass is 31.2. The van der Waals surface area contributed by atoms with E-state index in [0.717, 1.165) is 32.1 Å². The van der Waals surface area contributed by atoms with Crippen LogP contribution < -0.4 is 0 Å². The SMILES string of the molecule is CCCCCCCCCC/C=C\C/C=C\CCC(=O)OC(COC(=O)CCCCCCCCCCCCCCCCCCC)COP(=O)(O)OCC[N+](C)(C)C. The molecule has 0 bridgehead atoms. The molecule has 2 unspecified atom stereocenters. The first-order valence-electron chi connectivity index (χ1n) is 23.1. The Morgan fingerprint density at radius 3 is 1.48 bits per heavy atom. The molecule has 10 heteroatoms. The van der Waals surface area contributed by atoms with Gasteiger partial charge in [0.25, 0.3) is 0 Å². The lowest BCUT2D eigenvalue weighted by Gasteiger charge is -2.24.